The third-order valence-corrected chi connectivity index (χ3v) is 4.14. The van der Waals surface area contributed by atoms with E-state index in [0.29, 0.717) is 12.1 Å². The molecule has 0 aliphatic carbocycles. The third kappa shape index (κ3) is 2.29. The second kappa shape index (κ2) is 4.97. The molecule has 2 aliphatic heterocycles. The van der Waals surface area contributed by atoms with Gasteiger partial charge in [0.2, 0.25) is 0 Å². The highest BCUT2D eigenvalue weighted by Gasteiger charge is 2.24. The summed E-state index contributed by atoms with van der Waals surface area (Å²) in [6.07, 6.45) is 4.87. The summed E-state index contributed by atoms with van der Waals surface area (Å²) in [6.45, 7) is 5.68. The Hall–Kier alpha value is -0.940. The van der Waals surface area contributed by atoms with E-state index in [-0.39, 0.29) is 0 Å². The Morgan fingerprint density at radius 3 is 3.00 bits per heavy atom. The number of hydrogen-bond acceptors (Lipinski definition) is 4. The molecule has 1 aromatic rings. The minimum atomic E-state index is 0.306. The fourth-order valence-electron chi connectivity index (χ4n) is 3.22. The molecule has 2 atom stereocenters. The highest BCUT2D eigenvalue weighted by atomic mass is 15.3. The van der Waals surface area contributed by atoms with E-state index in [1.54, 1.807) is 0 Å². The van der Waals surface area contributed by atoms with Gasteiger partial charge < -0.3 is 14.8 Å². The predicted molar refractivity (Wildman–Crippen MR) is 70.4 cm³/mol. The van der Waals surface area contributed by atoms with E-state index in [1.807, 2.05) is 0 Å². The van der Waals surface area contributed by atoms with Crippen molar-refractivity contribution < 1.29 is 0 Å². The molecule has 2 unspecified atom stereocenters. The lowest BCUT2D eigenvalue weighted by Crippen LogP contribution is -2.45. The number of likely N-dealkylation sites (N-methyl/N-ethyl adjacent to an activating group) is 1. The van der Waals surface area contributed by atoms with Gasteiger partial charge in [-0.3, -0.25) is 0 Å². The van der Waals surface area contributed by atoms with Crippen LogP contribution in [0.25, 0.3) is 0 Å². The molecular formula is C13H23N5. The lowest BCUT2D eigenvalue weighted by molar-refractivity contribution is 0.216. The first kappa shape index (κ1) is 12.1. The molecule has 3 rings (SSSR count). The monoisotopic (exact) mass is 249 g/mol. The SMILES string of the molecule is CC(NC1CCCN(C)C1)c1nnc2n1CCC2. The summed E-state index contributed by atoms with van der Waals surface area (Å²) in [6, 6.07) is 0.897. The van der Waals surface area contributed by atoms with E-state index < -0.39 is 0 Å². The number of piperidine rings is 1. The van der Waals surface area contributed by atoms with Crippen LogP contribution in [0.5, 0.6) is 0 Å². The van der Waals surface area contributed by atoms with Gasteiger partial charge in [0.1, 0.15) is 11.6 Å². The molecule has 2 aliphatic rings. The number of aryl methyl sites for hydroxylation is 1. The average Bonchev–Trinajstić information content (AvgIpc) is 2.89. The summed E-state index contributed by atoms with van der Waals surface area (Å²) < 4.78 is 2.30. The topological polar surface area (TPSA) is 46.0 Å². The maximum atomic E-state index is 4.36. The van der Waals surface area contributed by atoms with Crippen LogP contribution in [0, 0.1) is 0 Å². The zero-order valence-corrected chi connectivity index (χ0v) is 11.4. The molecule has 0 amide bonds. The zero-order chi connectivity index (χ0) is 12.5. The van der Waals surface area contributed by atoms with E-state index in [4.69, 9.17) is 0 Å². The Kier molecular flexibility index (Phi) is 3.35. The molecule has 100 valence electrons. The Bertz CT molecular complexity index is 414. The molecule has 18 heavy (non-hydrogen) atoms. The molecule has 0 bridgehead atoms. The molecular weight excluding hydrogens is 226 g/mol. The molecule has 1 N–H and O–H groups in total. The van der Waals surface area contributed by atoms with Crippen molar-refractivity contribution in [2.24, 2.45) is 0 Å². The first-order valence-corrected chi connectivity index (χ1v) is 7.10. The minimum Gasteiger partial charge on any atom is -0.314 e. The number of hydrogen-bond donors (Lipinski definition) is 1. The number of rotatable bonds is 3. The maximum Gasteiger partial charge on any atom is 0.149 e. The fraction of sp³-hybridized carbons (Fsp3) is 0.846. The smallest absolute Gasteiger partial charge is 0.149 e. The summed E-state index contributed by atoms with van der Waals surface area (Å²) in [5.74, 6) is 2.29. The van der Waals surface area contributed by atoms with Gasteiger partial charge in [0.25, 0.3) is 0 Å². The van der Waals surface area contributed by atoms with Crippen molar-refractivity contribution >= 4 is 0 Å². The van der Waals surface area contributed by atoms with Gasteiger partial charge in [0.05, 0.1) is 6.04 Å². The molecule has 1 aromatic heterocycles. The number of fused-ring (bicyclic) bond motifs is 1. The normalized spacial score (nSPS) is 26.2. The highest BCUT2D eigenvalue weighted by Crippen LogP contribution is 2.20. The third-order valence-electron chi connectivity index (χ3n) is 4.14. The first-order chi connectivity index (χ1) is 8.74. The van der Waals surface area contributed by atoms with Crippen molar-refractivity contribution in [2.45, 2.75) is 51.2 Å². The highest BCUT2D eigenvalue weighted by molar-refractivity contribution is 5.04. The number of nitrogens with one attached hydrogen (secondary N) is 1. The van der Waals surface area contributed by atoms with Crippen LogP contribution < -0.4 is 5.32 Å². The van der Waals surface area contributed by atoms with Gasteiger partial charge in [-0.2, -0.15) is 0 Å². The quantitative estimate of drug-likeness (QED) is 0.867. The molecule has 1 fully saturated rings. The van der Waals surface area contributed by atoms with Crippen LogP contribution in [0.3, 0.4) is 0 Å². The number of aromatic nitrogens is 3. The van der Waals surface area contributed by atoms with Gasteiger partial charge in [0.15, 0.2) is 0 Å². The molecule has 0 radical (unpaired) electrons. The Balaban J connectivity index is 1.65. The van der Waals surface area contributed by atoms with Crippen LogP contribution in [0.2, 0.25) is 0 Å². The van der Waals surface area contributed by atoms with Crippen LogP contribution in [-0.4, -0.2) is 45.8 Å². The van der Waals surface area contributed by atoms with Crippen molar-refractivity contribution in [3.63, 3.8) is 0 Å². The minimum absolute atomic E-state index is 0.306. The lowest BCUT2D eigenvalue weighted by Gasteiger charge is -2.32. The Morgan fingerprint density at radius 1 is 1.28 bits per heavy atom. The Labute approximate surface area is 109 Å². The molecule has 5 nitrogen and oxygen atoms in total. The Morgan fingerprint density at radius 2 is 2.17 bits per heavy atom. The largest absolute Gasteiger partial charge is 0.314 e. The fourth-order valence-corrected chi connectivity index (χ4v) is 3.22. The maximum absolute atomic E-state index is 4.36. The van der Waals surface area contributed by atoms with Crippen LogP contribution in [0.1, 0.15) is 43.9 Å². The average molecular weight is 249 g/mol. The standard InChI is InChI=1S/C13H23N5/c1-10(14-11-5-3-7-17(2)9-11)13-16-15-12-6-4-8-18(12)13/h10-11,14H,3-9H2,1-2H3. The van der Waals surface area contributed by atoms with E-state index >= 15 is 0 Å². The molecule has 0 saturated carbocycles. The zero-order valence-electron chi connectivity index (χ0n) is 11.4. The van der Waals surface area contributed by atoms with Gasteiger partial charge in [-0.05, 0) is 39.8 Å². The van der Waals surface area contributed by atoms with E-state index in [1.165, 1.54) is 31.6 Å². The van der Waals surface area contributed by atoms with Crippen molar-refractivity contribution in [2.75, 3.05) is 20.1 Å². The summed E-state index contributed by atoms with van der Waals surface area (Å²) in [4.78, 5) is 2.40. The van der Waals surface area contributed by atoms with Crippen LogP contribution in [0.15, 0.2) is 0 Å². The van der Waals surface area contributed by atoms with Gasteiger partial charge in [-0.25, -0.2) is 0 Å². The number of likely N-dealkylation sites (tertiary alicyclic amines) is 1. The first-order valence-electron chi connectivity index (χ1n) is 7.10. The molecule has 3 heterocycles. The predicted octanol–water partition coefficient (Wildman–Crippen LogP) is 0.969. The number of nitrogens with zero attached hydrogens (tertiary/aromatic N) is 4. The van der Waals surface area contributed by atoms with Crippen molar-refractivity contribution in [1.29, 1.82) is 0 Å². The molecule has 0 aromatic carbocycles. The summed E-state index contributed by atoms with van der Waals surface area (Å²) in [5, 5.41) is 12.4. The van der Waals surface area contributed by atoms with E-state index in [0.717, 1.165) is 25.3 Å². The summed E-state index contributed by atoms with van der Waals surface area (Å²) in [5.41, 5.74) is 0. The van der Waals surface area contributed by atoms with E-state index in [2.05, 4.69) is 39.0 Å². The lowest BCUT2D eigenvalue weighted by atomic mass is 10.1. The second-order valence-electron chi connectivity index (χ2n) is 5.72. The van der Waals surface area contributed by atoms with Gasteiger partial charge in [0, 0.05) is 25.6 Å². The van der Waals surface area contributed by atoms with Crippen LogP contribution in [-0.2, 0) is 13.0 Å². The molecule has 5 heteroatoms. The van der Waals surface area contributed by atoms with Gasteiger partial charge in [-0.1, -0.05) is 0 Å². The van der Waals surface area contributed by atoms with Gasteiger partial charge in [-0.15, -0.1) is 10.2 Å². The van der Waals surface area contributed by atoms with Crippen molar-refractivity contribution in [3.05, 3.63) is 11.6 Å². The molecule has 0 spiro atoms. The summed E-state index contributed by atoms with van der Waals surface area (Å²) >= 11 is 0. The van der Waals surface area contributed by atoms with Crippen LogP contribution >= 0.6 is 0 Å². The van der Waals surface area contributed by atoms with Crippen molar-refractivity contribution in [3.8, 4) is 0 Å². The summed E-state index contributed by atoms with van der Waals surface area (Å²) in [7, 11) is 2.20. The second-order valence-corrected chi connectivity index (χ2v) is 5.72. The van der Waals surface area contributed by atoms with Crippen LogP contribution in [0.4, 0.5) is 0 Å². The molecule has 1 saturated heterocycles. The van der Waals surface area contributed by atoms with E-state index in [9.17, 15) is 0 Å². The van der Waals surface area contributed by atoms with Gasteiger partial charge >= 0.3 is 0 Å². The van der Waals surface area contributed by atoms with Crippen molar-refractivity contribution in [1.82, 2.24) is 25.0 Å².